The maximum atomic E-state index is 10.7. The Morgan fingerprint density at radius 1 is 1.38 bits per heavy atom. The summed E-state index contributed by atoms with van der Waals surface area (Å²) in [5.41, 5.74) is 1.14. The molecule has 0 aliphatic rings. The molecule has 1 heterocycles. The number of hydrogen-bond acceptors (Lipinski definition) is 4. The summed E-state index contributed by atoms with van der Waals surface area (Å²) >= 11 is 0. The van der Waals surface area contributed by atoms with Gasteiger partial charge < -0.3 is 9.47 Å². The van der Waals surface area contributed by atoms with Crippen LogP contribution < -0.4 is 4.74 Å². The molecule has 0 spiro atoms. The second-order valence-corrected chi connectivity index (χ2v) is 3.72. The molecule has 0 saturated heterocycles. The van der Waals surface area contributed by atoms with E-state index >= 15 is 0 Å². The molecular weight excluding hydrogens is 206 g/mol. The predicted molar refractivity (Wildman–Crippen MR) is 60.9 cm³/mol. The van der Waals surface area contributed by atoms with Gasteiger partial charge in [-0.3, -0.25) is 4.79 Å². The number of aldehydes is 1. The van der Waals surface area contributed by atoms with Crippen LogP contribution in [-0.4, -0.2) is 30.6 Å². The second kappa shape index (κ2) is 6.23. The summed E-state index contributed by atoms with van der Waals surface area (Å²) in [7, 11) is 0. The van der Waals surface area contributed by atoms with Crippen molar-refractivity contribution in [2.45, 2.75) is 26.9 Å². The highest BCUT2D eigenvalue weighted by atomic mass is 16.5. The Morgan fingerprint density at radius 2 is 2.12 bits per heavy atom. The van der Waals surface area contributed by atoms with Crippen molar-refractivity contribution in [1.82, 2.24) is 4.98 Å². The van der Waals surface area contributed by atoms with Gasteiger partial charge in [0.05, 0.1) is 12.7 Å². The molecular formula is C12H17NO3. The molecule has 0 aliphatic carbocycles. The molecule has 88 valence electrons. The van der Waals surface area contributed by atoms with Crippen molar-refractivity contribution in [3.63, 3.8) is 0 Å². The van der Waals surface area contributed by atoms with Crippen LogP contribution in [0.4, 0.5) is 0 Å². The molecule has 1 rings (SSSR count). The molecule has 0 aromatic carbocycles. The lowest BCUT2D eigenvalue weighted by Gasteiger charge is -2.10. The summed E-state index contributed by atoms with van der Waals surface area (Å²) in [5, 5.41) is 0. The third-order valence-electron chi connectivity index (χ3n) is 1.93. The lowest BCUT2D eigenvalue weighted by molar-refractivity contribution is 0.0549. The van der Waals surface area contributed by atoms with E-state index in [1.165, 1.54) is 0 Å². The first kappa shape index (κ1) is 12.6. The average molecular weight is 223 g/mol. The van der Waals surface area contributed by atoms with Crippen LogP contribution in [0.2, 0.25) is 0 Å². The van der Waals surface area contributed by atoms with Gasteiger partial charge in [-0.2, -0.15) is 0 Å². The number of rotatable bonds is 6. The van der Waals surface area contributed by atoms with Gasteiger partial charge in [0.25, 0.3) is 0 Å². The molecule has 0 unspecified atom stereocenters. The molecule has 4 nitrogen and oxygen atoms in total. The zero-order valence-electron chi connectivity index (χ0n) is 9.90. The molecule has 0 bridgehead atoms. The Morgan fingerprint density at radius 3 is 2.75 bits per heavy atom. The quantitative estimate of drug-likeness (QED) is 0.546. The van der Waals surface area contributed by atoms with Gasteiger partial charge in [0.15, 0.2) is 6.29 Å². The topological polar surface area (TPSA) is 48.4 Å². The Balaban J connectivity index is 2.50. The third-order valence-corrected chi connectivity index (χ3v) is 1.93. The van der Waals surface area contributed by atoms with E-state index in [0.717, 1.165) is 5.69 Å². The van der Waals surface area contributed by atoms with E-state index in [2.05, 4.69) is 4.98 Å². The van der Waals surface area contributed by atoms with Crippen molar-refractivity contribution >= 4 is 6.29 Å². The monoisotopic (exact) mass is 223 g/mol. The van der Waals surface area contributed by atoms with Crippen LogP contribution in [0.15, 0.2) is 12.1 Å². The van der Waals surface area contributed by atoms with Crippen molar-refractivity contribution in [3.8, 4) is 5.75 Å². The molecule has 0 amide bonds. The molecule has 0 radical (unpaired) electrons. The minimum Gasteiger partial charge on any atom is -0.489 e. The third kappa shape index (κ3) is 3.98. The van der Waals surface area contributed by atoms with E-state index in [0.29, 0.717) is 30.9 Å². The Hall–Kier alpha value is -1.42. The summed E-state index contributed by atoms with van der Waals surface area (Å²) in [4.78, 5) is 14.8. The summed E-state index contributed by atoms with van der Waals surface area (Å²) in [6.45, 7) is 6.68. The Labute approximate surface area is 95.6 Å². The van der Waals surface area contributed by atoms with Crippen molar-refractivity contribution in [1.29, 1.82) is 0 Å². The van der Waals surface area contributed by atoms with Crippen molar-refractivity contribution < 1.29 is 14.3 Å². The number of carbonyl (C=O) groups is 1. The molecule has 0 fully saturated rings. The van der Waals surface area contributed by atoms with E-state index in [9.17, 15) is 4.79 Å². The van der Waals surface area contributed by atoms with E-state index in [4.69, 9.17) is 9.47 Å². The van der Waals surface area contributed by atoms with Crippen LogP contribution in [0.25, 0.3) is 0 Å². The van der Waals surface area contributed by atoms with Crippen LogP contribution in [0.3, 0.4) is 0 Å². The van der Waals surface area contributed by atoms with E-state index in [1.54, 1.807) is 6.07 Å². The maximum Gasteiger partial charge on any atom is 0.172 e. The highest BCUT2D eigenvalue weighted by Gasteiger charge is 2.04. The van der Waals surface area contributed by atoms with Crippen LogP contribution in [0.1, 0.15) is 30.0 Å². The lowest BCUT2D eigenvalue weighted by atomic mass is 10.3. The molecule has 0 N–H and O–H groups in total. The maximum absolute atomic E-state index is 10.7. The fraction of sp³-hybridized carbons (Fsp3) is 0.500. The van der Waals surface area contributed by atoms with E-state index in [-0.39, 0.29) is 6.10 Å². The second-order valence-electron chi connectivity index (χ2n) is 3.72. The number of aryl methyl sites for hydroxylation is 1. The zero-order chi connectivity index (χ0) is 12.0. The summed E-state index contributed by atoms with van der Waals surface area (Å²) in [6.07, 6.45) is 0.885. The van der Waals surface area contributed by atoms with Gasteiger partial charge in [-0.1, -0.05) is 0 Å². The van der Waals surface area contributed by atoms with Crippen LogP contribution in [-0.2, 0) is 4.74 Å². The first-order valence-corrected chi connectivity index (χ1v) is 5.30. The first-order chi connectivity index (χ1) is 7.63. The van der Waals surface area contributed by atoms with Crippen molar-refractivity contribution in [2.75, 3.05) is 13.2 Å². The first-order valence-electron chi connectivity index (χ1n) is 5.30. The molecule has 0 aliphatic heterocycles. The SMILES string of the molecule is Cc1ccc(OCCOC(C)C)c(C=O)n1. The van der Waals surface area contributed by atoms with Gasteiger partial charge >= 0.3 is 0 Å². The van der Waals surface area contributed by atoms with Gasteiger partial charge in [0.2, 0.25) is 0 Å². The minimum absolute atomic E-state index is 0.185. The molecule has 16 heavy (non-hydrogen) atoms. The van der Waals surface area contributed by atoms with Gasteiger partial charge in [-0.05, 0) is 32.9 Å². The van der Waals surface area contributed by atoms with Crippen molar-refractivity contribution in [3.05, 3.63) is 23.5 Å². The van der Waals surface area contributed by atoms with Gasteiger partial charge in [0.1, 0.15) is 18.1 Å². The van der Waals surface area contributed by atoms with Crippen molar-refractivity contribution in [2.24, 2.45) is 0 Å². The molecule has 1 aromatic heterocycles. The summed E-state index contributed by atoms with van der Waals surface area (Å²) in [6, 6.07) is 3.56. The van der Waals surface area contributed by atoms with Crippen LogP contribution in [0, 0.1) is 6.92 Å². The smallest absolute Gasteiger partial charge is 0.172 e. The number of nitrogens with zero attached hydrogens (tertiary/aromatic N) is 1. The fourth-order valence-corrected chi connectivity index (χ4v) is 1.21. The molecule has 0 saturated carbocycles. The normalized spacial score (nSPS) is 10.5. The highest BCUT2D eigenvalue weighted by molar-refractivity contribution is 5.76. The number of carbonyl (C=O) groups excluding carboxylic acids is 1. The lowest BCUT2D eigenvalue weighted by Crippen LogP contribution is -2.12. The number of pyridine rings is 1. The number of hydrogen-bond donors (Lipinski definition) is 0. The van der Waals surface area contributed by atoms with Gasteiger partial charge in [0, 0.05) is 5.69 Å². The van der Waals surface area contributed by atoms with Crippen LogP contribution >= 0.6 is 0 Å². The highest BCUT2D eigenvalue weighted by Crippen LogP contribution is 2.14. The number of aromatic nitrogens is 1. The molecule has 1 aromatic rings. The van der Waals surface area contributed by atoms with Crippen LogP contribution in [0.5, 0.6) is 5.75 Å². The van der Waals surface area contributed by atoms with E-state index < -0.39 is 0 Å². The largest absolute Gasteiger partial charge is 0.489 e. The van der Waals surface area contributed by atoms with Gasteiger partial charge in [-0.25, -0.2) is 4.98 Å². The summed E-state index contributed by atoms with van der Waals surface area (Å²) < 4.78 is 10.7. The fourth-order valence-electron chi connectivity index (χ4n) is 1.21. The number of ether oxygens (including phenoxy) is 2. The Bertz CT molecular complexity index is 350. The van der Waals surface area contributed by atoms with E-state index in [1.807, 2.05) is 26.8 Å². The average Bonchev–Trinajstić information content (AvgIpc) is 2.25. The Kier molecular flexibility index (Phi) is 4.92. The molecule has 0 atom stereocenters. The minimum atomic E-state index is 0.185. The van der Waals surface area contributed by atoms with Gasteiger partial charge in [-0.15, -0.1) is 0 Å². The standard InChI is InChI=1S/C12H17NO3/c1-9(2)15-6-7-16-12-5-4-10(3)13-11(12)8-14/h4-5,8-9H,6-7H2,1-3H3. The predicted octanol–water partition coefficient (Wildman–Crippen LogP) is 2.01. The zero-order valence-corrected chi connectivity index (χ0v) is 9.90. The summed E-state index contributed by atoms with van der Waals surface area (Å²) in [5.74, 6) is 0.507. The molecule has 4 heteroatoms.